The zero-order valence-corrected chi connectivity index (χ0v) is 5.89. The molecule has 10 heavy (non-hydrogen) atoms. The molecule has 0 amide bonds. The highest BCUT2D eigenvalue weighted by atomic mass is 16.5. The number of carboxylic acid groups (broad SMARTS) is 1. The second-order valence-electron chi connectivity index (χ2n) is 2.37. The Morgan fingerprint density at radius 1 is 1.70 bits per heavy atom. The largest absolute Gasteiger partial charge is 0.478 e. The molecule has 56 valence electrons. The van der Waals surface area contributed by atoms with Gasteiger partial charge in [-0.25, -0.2) is 4.79 Å². The lowest BCUT2D eigenvalue weighted by Gasteiger charge is -2.14. The van der Waals surface area contributed by atoms with E-state index in [0.29, 0.717) is 12.2 Å². The molecule has 0 saturated carbocycles. The van der Waals surface area contributed by atoms with E-state index in [-0.39, 0.29) is 6.61 Å². The lowest BCUT2D eigenvalue weighted by Crippen LogP contribution is -2.16. The molecule has 0 radical (unpaired) electrons. The minimum absolute atomic E-state index is 0.265. The second-order valence-corrected chi connectivity index (χ2v) is 2.37. The molecule has 0 saturated heterocycles. The van der Waals surface area contributed by atoms with Crippen LogP contribution in [0, 0.1) is 0 Å². The van der Waals surface area contributed by atoms with Gasteiger partial charge in [0, 0.05) is 0 Å². The van der Waals surface area contributed by atoms with E-state index in [9.17, 15) is 4.79 Å². The van der Waals surface area contributed by atoms with Gasteiger partial charge in [0.2, 0.25) is 0 Å². The van der Waals surface area contributed by atoms with E-state index in [0.717, 1.165) is 12.0 Å². The van der Waals surface area contributed by atoms with Crippen molar-refractivity contribution in [1.29, 1.82) is 0 Å². The van der Waals surface area contributed by atoms with Gasteiger partial charge in [-0.15, -0.1) is 0 Å². The molecule has 0 atom stereocenters. The third-order valence-corrected chi connectivity index (χ3v) is 1.64. The molecule has 3 heteroatoms. The summed E-state index contributed by atoms with van der Waals surface area (Å²) in [5.41, 5.74) is 1.37. The normalized spacial score (nSPS) is 19.3. The third kappa shape index (κ3) is 1.36. The van der Waals surface area contributed by atoms with Gasteiger partial charge in [-0.1, -0.05) is 5.57 Å². The highest BCUT2D eigenvalue weighted by Gasteiger charge is 2.14. The Morgan fingerprint density at radius 2 is 2.40 bits per heavy atom. The molecule has 0 unspecified atom stereocenters. The van der Waals surface area contributed by atoms with Gasteiger partial charge in [-0.05, 0) is 13.3 Å². The molecule has 1 heterocycles. The monoisotopic (exact) mass is 142 g/mol. The van der Waals surface area contributed by atoms with Gasteiger partial charge in [-0.3, -0.25) is 0 Å². The van der Waals surface area contributed by atoms with Crippen LogP contribution in [-0.4, -0.2) is 24.3 Å². The first kappa shape index (κ1) is 7.28. The molecule has 0 aromatic carbocycles. The minimum atomic E-state index is -0.850. The van der Waals surface area contributed by atoms with Crippen molar-refractivity contribution in [2.24, 2.45) is 0 Å². The van der Waals surface area contributed by atoms with Gasteiger partial charge in [-0.2, -0.15) is 0 Å². The first-order valence-corrected chi connectivity index (χ1v) is 3.21. The summed E-state index contributed by atoms with van der Waals surface area (Å²) < 4.78 is 4.98. The fraction of sp³-hybridized carbons (Fsp3) is 0.571. The van der Waals surface area contributed by atoms with Crippen LogP contribution < -0.4 is 0 Å². The molecule has 1 aliphatic rings. The summed E-state index contributed by atoms with van der Waals surface area (Å²) in [4.78, 5) is 10.4. The molecule has 3 nitrogen and oxygen atoms in total. The summed E-state index contributed by atoms with van der Waals surface area (Å²) in [6.07, 6.45) is 0.752. The molecule has 0 aromatic heterocycles. The third-order valence-electron chi connectivity index (χ3n) is 1.64. The predicted molar refractivity (Wildman–Crippen MR) is 35.8 cm³/mol. The first-order chi connectivity index (χ1) is 4.72. The van der Waals surface area contributed by atoms with Crippen molar-refractivity contribution < 1.29 is 14.6 Å². The fourth-order valence-electron chi connectivity index (χ4n) is 0.918. The maximum absolute atomic E-state index is 10.4. The van der Waals surface area contributed by atoms with Gasteiger partial charge in [0.25, 0.3) is 0 Å². The SMILES string of the molecule is CC1=C(C(=O)O)COCC1. The van der Waals surface area contributed by atoms with Crippen molar-refractivity contribution in [1.82, 2.24) is 0 Å². The number of ether oxygens (including phenoxy) is 1. The molecule has 1 N–H and O–H groups in total. The lowest BCUT2D eigenvalue weighted by molar-refractivity contribution is -0.133. The number of hydrogen-bond donors (Lipinski definition) is 1. The molecule has 1 aliphatic heterocycles. The summed E-state index contributed by atoms with van der Waals surface area (Å²) in [5.74, 6) is -0.850. The summed E-state index contributed by atoms with van der Waals surface area (Å²) in [6.45, 7) is 2.76. The summed E-state index contributed by atoms with van der Waals surface area (Å²) in [6, 6.07) is 0. The maximum atomic E-state index is 10.4. The molecule has 1 rings (SSSR count). The van der Waals surface area contributed by atoms with Gasteiger partial charge >= 0.3 is 5.97 Å². The molecular weight excluding hydrogens is 132 g/mol. The molecular formula is C7H10O3. The molecule has 0 aromatic rings. The van der Waals surface area contributed by atoms with Crippen LogP contribution >= 0.6 is 0 Å². The Kier molecular flexibility index (Phi) is 2.06. The van der Waals surface area contributed by atoms with Crippen LogP contribution in [0.4, 0.5) is 0 Å². The first-order valence-electron chi connectivity index (χ1n) is 3.21. The van der Waals surface area contributed by atoms with E-state index in [2.05, 4.69) is 0 Å². The van der Waals surface area contributed by atoms with Crippen LogP contribution in [0.1, 0.15) is 13.3 Å². The number of hydrogen-bond acceptors (Lipinski definition) is 2. The van der Waals surface area contributed by atoms with Crippen molar-refractivity contribution in [3.8, 4) is 0 Å². The van der Waals surface area contributed by atoms with Crippen molar-refractivity contribution in [3.05, 3.63) is 11.1 Å². The van der Waals surface area contributed by atoms with Crippen molar-refractivity contribution in [2.75, 3.05) is 13.2 Å². The molecule has 0 bridgehead atoms. The van der Waals surface area contributed by atoms with Crippen molar-refractivity contribution >= 4 is 5.97 Å². The fourth-order valence-corrected chi connectivity index (χ4v) is 0.918. The quantitative estimate of drug-likeness (QED) is 0.589. The standard InChI is InChI=1S/C7H10O3/c1-5-2-3-10-4-6(5)7(8)9/h2-4H2,1H3,(H,8,9). The Balaban J connectivity index is 2.78. The number of aliphatic carboxylic acids is 1. The minimum Gasteiger partial charge on any atom is -0.478 e. The Morgan fingerprint density at radius 3 is 2.80 bits per heavy atom. The highest BCUT2D eigenvalue weighted by molar-refractivity contribution is 5.87. The molecule has 0 spiro atoms. The van der Waals surface area contributed by atoms with E-state index in [1.54, 1.807) is 0 Å². The molecule has 0 aliphatic carbocycles. The summed E-state index contributed by atoms with van der Waals surface area (Å²) in [5, 5.41) is 8.57. The van der Waals surface area contributed by atoms with Gasteiger partial charge in [0.15, 0.2) is 0 Å². The zero-order valence-electron chi connectivity index (χ0n) is 5.89. The van der Waals surface area contributed by atoms with Gasteiger partial charge < -0.3 is 9.84 Å². The average Bonchev–Trinajstić information content (AvgIpc) is 1.88. The van der Waals surface area contributed by atoms with Crippen molar-refractivity contribution in [2.45, 2.75) is 13.3 Å². The average molecular weight is 142 g/mol. The number of carbonyl (C=O) groups is 1. The van der Waals surface area contributed by atoms with Crippen LogP contribution in [0.15, 0.2) is 11.1 Å². The maximum Gasteiger partial charge on any atom is 0.333 e. The Hall–Kier alpha value is -0.830. The predicted octanol–water partition coefficient (Wildman–Crippen LogP) is 0.808. The number of rotatable bonds is 1. The van der Waals surface area contributed by atoms with E-state index in [1.807, 2.05) is 6.92 Å². The zero-order chi connectivity index (χ0) is 7.56. The second kappa shape index (κ2) is 2.84. The van der Waals surface area contributed by atoms with E-state index in [1.165, 1.54) is 0 Å². The highest BCUT2D eigenvalue weighted by Crippen LogP contribution is 2.14. The topological polar surface area (TPSA) is 46.5 Å². The summed E-state index contributed by atoms with van der Waals surface area (Å²) in [7, 11) is 0. The van der Waals surface area contributed by atoms with Gasteiger partial charge in [0.1, 0.15) is 0 Å². The van der Waals surface area contributed by atoms with Crippen LogP contribution in [0.2, 0.25) is 0 Å². The molecule has 0 fully saturated rings. The van der Waals surface area contributed by atoms with Crippen LogP contribution in [0.25, 0.3) is 0 Å². The Bertz CT molecular complexity index is 181. The van der Waals surface area contributed by atoms with Crippen molar-refractivity contribution in [3.63, 3.8) is 0 Å². The number of carboxylic acids is 1. The smallest absolute Gasteiger partial charge is 0.333 e. The van der Waals surface area contributed by atoms with Crippen LogP contribution in [0.5, 0.6) is 0 Å². The van der Waals surface area contributed by atoms with Crippen LogP contribution in [-0.2, 0) is 9.53 Å². The van der Waals surface area contributed by atoms with Crippen LogP contribution in [0.3, 0.4) is 0 Å². The van der Waals surface area contributed by atoms with E-state index in [4.69, 9.17) is 9.84 Å². The van der Waals surface area contributed by atoms with Gasteiger partial charge in [0.05, 0.1) is 18.8 Å². The van der Waals surface area contributed by atoms with E-state index < -0.39 is 5.97 Å². The van der Waals surface area contributed by atoms with E-state index >= 15 is 0 Å². The summed E-state index contributed by atoms with van der Waals surface area (Å²) >= 11 is 0. The lowest BCUT2D eigenvalue weighted by atomic mass is 10.1. The Labute approximate surface area is 59.3 Å².